The van der Waals surface area contributed by atoms with E-state index in [9.17, 15) is 20.3 Å². The molecule has 1 aromatic heterocycles. The van der Waals surface area contributed by atoms with Crippen LogP contribution in [0.25, 0.3) is 0 Å². The summed E-state index contributed by atoms with van der Waals surface area (Å²) in [5.41, 5.74) is 6.28. The highest BCUT2D eigenvalue weighted by molar-refractivity contribution is 7.19. The lowest BCUT2D eigenvalue weighted by Gasteiger charge is -2.15. The van der Waals surface area contributed by atoms with Crippen LogP contribution in [0.15, 0.2) is 0 Å². The summed E-state index contributed by atoms with van der Waals surface area (Å²) < 4.78 is 0. The van der Waals surface area contributed by atoms with Crippen molar-refractivity contribution in [3.63, 3.8) is 0 Å². The number of nitrogens with zero attached hydrogens (tertiary/aromatic N) is 2. The zero-order valence-corrected chi connectivity index (χ0v) is 12.5. The third-order valence-corrected chi connectivity index (χ3v) is 4.59. The molecule has 0 saturated carbocycles. The van der Waals surface area contributed by atoms with Gasteiger partial charge in [-0.1, -0.05) is 6.92 Å². The molecular weight excluding hydrogens is 292 g/mol. The Hall–Kier alpha value is -1.82. The summed E-state index contributed by atoms with van der Waals surface area (Å²) in [7, 11) is 0. The van der Waals surface area contributed by atoms with E-state index in [1.165, 1.54) is 0 Å². The number of hydrogen-bond acceptors (Lipinski definition) is 7. The predicted molar refractivity (Wildman–Crippen MR) is 80.3 cm³/mol. The fourth-order valence-electron chi connectivity index (χ4n) is 2.18. The normalized spacial score (nSPS) is 21.3. The van der Waals surface area contributed by atoms with Gasteiger partial charge in [0.1, 0.15) is 21.5 Å². The van der Waals surface area contributed by atoms with Crippen molar-refractivity contribution < 1.29 is 15.0 Å². The van der Waals surface area contributed by atoms with Crippen molar-refractivity contribution in [1.29, 1.82) is 5.26 Å². The van der Waals surface area contributed by atoms with Gasteiger partial charge in [0, 0.05) is 19.6 Å². The smallest absolute Gasteiger partial charge is 0.263 e. The summed E-state index contributed by atoms with van der Waals surface area (Å²) in [5.74, 6) is -0.303. The topological polar surface area (TPSA) is 123 Å². The Morgan fingerprint density at radius 1 is 1.52 bits per heavy atom. The maximum atomic E-state index is 12.0. The molecule has 0 spiro atoms. The molecule has 2 atom stereocenters. The van der Waals surface area contributed by atoms with Gasteiger partial charge in [-0.3, -0.25) is 4.79 Å². The van der Waals surface area contributed by atoms with E-state index in [1.807, 2.05) is 13.0 Å². The van der Waals surface area contributed by atoms with Crippen molar-refractivity contribution in [2.75, 3.05) is 30.3 Å². The zero-order valence-electron chi connectivity index (χ0n) is 11.7. The molecule has 1 aliphatic rings. The first-order chi connectivity index (χ1) is 9.99. The lowest BCUT2D eigenvalue weighted by molar-refractivity contribution is 0.0572. The highest BCUT2D eigenvalue weighted by atomic mass is 32.1. The van der Waals surface area contributed by atoms with Crippen LogP contribution in [-0.4, -0.2) is 48.0 Å². The number of nitrogen functional groups attached to an aromatic ring is 1. The summed E-state index contributed by atoms with van der Waals surface area (Å²) >= 11 is 1.11. The van der Waals surface area contributed by atoms with E-state index in [1.54, 1.807) is 4.90 Å². The van der Waals surface area contributed by atoms with E-state index in [-0.39, 0.29) is 30.2 Å². The number of β-amino-alcohol motifs (C(OH)–C–C–N with tert-alkyl or cyclic N) is 2. The molecule has 7 nitrogen and oxygen atoms in total. The summed E-state index contributed by atoms with van der Waals surface area (Å²) in [4.78, 5) is 14.0. The van der Waals surface area contributed by atoms with Gasteiger partial charge in [-0.05, 0) is 6.42 Å². The number of thiophene rings is 1. The summed E-state index contributed by atoms with van der Waals surface area (Å²) in [6.07, 6.45) is -0.922. The standard InChI is InChI=1S/C13H18N4O3S/c1-2-3-16-12(20)11-10(15)7(4-14)13(21-11)17-5-8(18)9(19)6-17/h8-9,18-19H,2-3,5-6,15H2,1H3,(H,16,20). The van der Waals surface area contributed by atoms with Crippen molar-refractivity contribution in [3.05, 3.63) is 10.4 Å². The Morgan fingerprint density at radius 3 is 2.67 bits per heavy atom. The van der Waals surface area contributed by atoms with Crippen LogP contribution < -0.4 is 16.0 Å². The highest BCUT2D eigenvalue weighted by Gasteiger charge is 2.33. The molecule has 5 N–H and O–H groups in total. The molecule has 2 unspecified atom stereocenters. The molecule has 0 bridgehead atoms. The second-order valence-electron chi connectivity index (χ2n) is 4.93. The second kappa shape index (κ2) is 6.30. The fourth-order valence-corrected chi connectivity index (χ4v) is 3.29. The Kier molecular flexibility index (Phi) is 4.67. The maximum Gasteiger partial charge on any atom is 0.263 e. The number of nitriles is 1. The van der Waals surface area contributed by atoms with Gasteiger partial charge in [-0.25, -0.2) is 0 Å². The van der Waals surface area contributed by atoms with Crippen LogP contribution in [-0.2, 0) is 0 Å². The summed E-state index contributed by atoms with van der Waals surface area (Å²) in [6, 6.07) is 2.00. The average molecular weight is 310 g/mol. The molecule has 0 aromatic carbocycles. The van der Waals surface area contributed by atoms with Gasteiger partial charge >= 0.3 is 0 Å². The molecule has 1 amide bonds. The molecule has 2 heterocycles. The van der Waals surface area contributed by atoms with Crippen molar-refractivity contribution in [2.24, 2.45) is 0 Å². The Morgan fingerprint density at radius 2 is 2.14 bits per heavy atom. The van der Waals surface area contributed by atoms with Crippen molar-refractivity contribution >= 4 is 27.9 Å². The van der Waals surface area contributed by atoms with Gasteiger partial charge < -0.3 is 26.2 Å². The molecule has 0 radical (unpaired) electrons. The number of rotatable bonds is 4. The number of carbonyl (C=O) groups is 1. The second-order valence-corrected chi connectivity index (χ2v) is 5.93. The average Bonchev–Trinajstić information content (AvgIpc) is 2.96. The molecule has 1 aromatic rings. The van der Waals surface area contributed by atoms with Gasteiger partial charge in [-0.15, -0.1) is 11.3 Å². The third kappa shape index (κ3) is 2.95. The summed E-state index contributed by atoms with van der Waals surface area (Å²) in [6.45, 7) is 2.91. The van der Waals surface area contributed by atoms with Crippen LogP contribution in [0.2, 0.25) is 0 Å². The first-order valence-electron chi connectivity index (χ1n) is 6.71. The van der Waals surface area contributed by atoms with E-state index in [4.69, 9.17) is 5.73 Å². The number of aliphatic hydroxyl groups is 2. The van der Waals surface area contributed by atoms with Crippen LogP contribution in [0.5, 0.6) is 0 Å². The lowest BCUT2D eigenvalue weighted by Crippen LogP contribution is -2.23. The monoisotopic (exact) mass is 310 g/mol. The molecule has 1 fully saturated rings. The molecule has 2 rings (SSSR count). The predicted octanol–water partition coefficient (Wildman–Crippen LogP) is -0.116. The molecule has 0 aliphatic carbocycles. The molecule has 21 heavy (non-hydrogen) atoms. The van der Waals surface area contributed by atoms with E-state index in [0.29, 0.717) is 16.4 Å². The fraction of sp³-hybridized carbons (Fsp3) is 0.538. The first kappa shape index (κ1) is 15.6. The first-order valence-corrected chi connectivity index (χ1v) is 7.52. The summed E-state index contributed by atoms with van der Waals surface area (Å²) in [5, 5.41) is 31.7. The number of amides is 1. The number of carbonyl (C=O) groups excluding carboxylic acids is 1. The van der Waals surface area contributed by atoms with Crippen LogP contribution in [0.1, 0.15) is 28.6 Å². The Labute approximate surface area is 126 Å². The number of anilines is 2. The maximum absolute atomic E-state index is 12.0. The van der Waals surface area contributed by atoms with E-state index >= 15 is 0 Å². The van der Waals surface area contributed by atoms with Crippen molar-refractivity contribution in [3.8, 4) is 6.07 Å². The number of aliphatic hydroxyl groups excluding tert-OH is 2. The van der Waals surface area contributed by atoms with Crippen LogP contribution >= 0.6 is 11.3 Å². The van der Waals surface area contributed by atoms with E-state index in [0.717, 1.165) is 17.8 Å². The number of hydrogen-bond donors (Lipinski definition) is 4. The number of nitrogens with two attached hydrogens (primary N) is 1. The molecule has 1 aliphatic heterocycles. The van der Waals surface area contributed by atoms with Gasteiger partial charge in [0.25, 0.3) is 5.91 Å². The molecule has 1 saturated heterocycles. The molecule has 8 heteroatoms. The van der Waals surface area contributed by atoms with Gasteiger partial charge in [-0.2, -0.15) is 5.26 Å². The van der Waals surface area contributed by atoms with Crippen molar-refractivity contribution in [2.45, 2.75) is 25.6 Å². The minimum atomic E-state index is -0.864. The van der Waals surface area contributed by atoms with Crippen molar-refractivity contribution in [1.82, 2.24) is 5.32 Å². The minimum Gasteiger partial charge on any atom is -0.396 e. The number of nitrogens with one attached hydrogen (secondary N) is 1. The van der Waals surface area contributed by atoms with Crippen LogP contribution in [0.3, 0.4) is 0 Å². The lowest BCUT2D eigenvalue weighted by atomic mass is 10.2. The van der Waals surface area contributed by atoms with E-state index in [2.05, 4.69) is 5.32 Å². The SMILES string of the molecule is CCCNC(=O)c1sc(N2CC(O)C(O)C2)c(C#N)c1N. The van der Waals surface area contributed by atoms with Crippen LogP contribution in [0, 0.1) is 11.3 Å². The molecule has 114 valence electrons. The highest BCUT2D eigenvalue weighted by Crippen LogP contribution is 2.39. The largest absolute Gasteiger partial charge is 0.396 e. The Balaban J connectivity index is 2.31. The minimum absolute atomic E-state index is 0.155. The van der Waals surface area contributed by atoms with Gasteiger partial charge in [0.15, 0.2) is 0 Å². The van der Waals surface area contributed by atoms with E-state index < -0.39 is 12.2 Å². The van der Waals surface area contributed by atoms with Crippen LogP contribution in [0.4, 0.5) is 10.7 Å². The Bertz CT molecular complexity index is 571. The van der Waals surface area contributed by atoms with Gasteiger partial charge in [0.2, 0.25) is 0 Å². The quantitative estimate of drug-likeness (QED) is 0.615. The molecular formula is C13H18N4O3S. The third-order valence-electron chi connectivity index (χ3n) is 3.33. The zero-order chi connectivity index (χ0) is 15.6. The van der Waals surface area contributed by atoms with Gasteiger partial charge in [0.05, 0.1) is 17.9 Å².